The van der Waals surface area contributed by atoms with Gasteiger partial charge >= 0.3 is 0 Å². The second-order valence-electron chi connectivity index (χ2n) is 3.39. The van der Waals surface area contributed by atoms with Gasteiger partial charge in [0.1, 0.15) is 0 Å². The molecule has 0 aromatic carbocycles. The van der Waals surface area contributed by atoms with Crippen LogP contribution in [-0.4, -0.2) is 23.7 Å². The van der Waals surface area contributed by atoms with E-state index in [1.54, 1.807) is 0 Å². The van der Waals surface area contributed by atoms with Crippen LogP contribution in [0.3, 0.4) is 0 Å². The molecule has 2 heteroatoms. The average molecular weight is 142 g/mol. The molecule has 0 aliphatic carbocycles. The summed E-state index contributed by atoms with van der Waals surface area (Å²) in [4.78, 5) is 2.38. The van der Waals surface area contributed by atoms with Gasteiger partial charge in [-0.05, 0) is 39.7 Å². The van der Waals surface area contributed by atoms with E-state index in [-0.39, 0.29) is 0 Å². The molecular formula is C8H18N2. The van der Waals surface area contributed by atoms with Crippen molar-refractivity contribution >= 4 is 0 Å². The minimum absolute atomic E-state index is 0.328. The molecule has 0 spiro atoms. The summed E-state index contributed by atoms with van der Waals surface area (Å²) in [6, 6.07) is 0.621. The lowest BCUT2D eigenvalue weighted by Crippen LogP contribution is -2.48. The highest BCUT2D eigenvalue weighted by Crippen LogP contribution is 2.15. The fraction of sp³-hybridized carbons (Fsp3) is 1.00. The highest BCUT2D eigenvalue weighted by Gasteiger charge is 2.20. The topological polar surface area (TPSA) is 29.3 Å². The first-order valence-electron chi connectivity index (χ1n) is 4.23. The summed E-state index contributed by atoms with van der Waals surface area (Å²) in [5, 5.41) is 0. The molecule has 0 aromatic rings. The maximum Gasteiger partial charge on any atom is 0.0574 e. The van der Waals surface area contributed by atoms with Crippen LogP contribution in [-0.2, 0) is 0 Å². The summed E-state index contributed by atoms with van der Waals surface area (Å²) in [6.45, 7) is 5.62. The first kappa shape index (κ1) is 8.02. The zero-order valence-corrected chi connectivity index (χ0v) is 7.01. The van der Waals surface area contributed by atoms with Crippen LogP contribution in [0.4, 0.5) is 0 Å². The number of piperidine rings is 1. The molecule has 1 rings (SSSR count). The van der Waals surface area contributed by atoms with Crippen LogP contribution >= 0.6 is 0 Å². The first-order chi connectivity index (χ1) is 4.72. The Morgan fingerprint density at radius 2 is 2.10 bits per heavy atom. The van der Waals surface area contributed by atoms with Crippen molar-refractivity contribution in [1.82, 2.24) is 4.90 Å². The van der Waals surface area contributed by atoms with Crippen molar-refractivity contribution in [2.75, 3.05) is 6.54 Å². The van der Waals surface area contributed by atoms with Gasteiger partial charge in [-0.3, -0.25) is 4.90 Å². The van der Waals surface area contributed by atoms with E-state index in [1.807, 2.05) is 0 Å². The van der Waals surface area contributed by atoms with Crippen molar-refractivity contribution in [2.45, 2.75) is 45.3 Å². The van der Waals surface area contributed by atoms with E-state index in [2.05, 4.69) is 18.7 Å². The van der Waals surface area contributed by atoms with Gasteiger partial charge in [0.25, 0.3) is 0 Å². The molecule has 1 heterocycles. The normalized spacial score (nSPS) is 29.4. The standard InChI is InChI=1S/C8H18N2/c1-7(2)10-6-4-3-5-8(10)9/h7-8H,3-6,9H2,1-2H3. The molecule has 10 heavy (non-hydrogen) atoms. The molecule has 1 atom stereocenters. The van der Waals surface area contributed by atoms with Crippen molar-refractivity contribution in [3.8, 4) is 0 Å². The van der Waals surface area contributed by atoms with Crippen molar-refractivity contribution in [2.24, 2.45) is 5.73 Å². The van der Waals surface area contributed by atoms with E-state index in [4.69, 9.17) is 5.73 Å². The maximum absolute atomic E-state index is 5.91. The summed E-state index contributed by atoms with van der Waals surface area (Å²) in [7, 11) is 0. The van der Waals surface area contributed by atoms with Gasteiger partial charge in [0, 0.05) is 6.04 Å². The van der Waals surface area contributed by atoms with Crippen LogP contribution < -0.4 is 5.73 Å². The molecule has 0 aromatic heterocycles. The molecule has 1 unspecified atom stereocenters. The Labute approximate surface area is 63.4 Å². The highest BCUT2D eigenvalue weighted by molar-refractivity contribution is 4.74. The van der Waals surface area contributed by atoms with Crippen LogP contribution in [0, 0.1) is 0 Å². The molecule has 1 aliphatic heterocycles. The lowest BCUT2D eigenvalue weighted by Gasteiger charge is -2.36. The first-order valence-corrected chi connectivity index (χ1v) is 4.23. The Morgan fingerprint density at radius 3 is 2.50 bits per heavy atom. The minimum Gasteiger partial charge on any atom is -0.316 e. The summed E-state index contributed by atoms with van der Waals surface area (Å²) in [5.74, 6) is 0. The van der Waals surface area contributed by atoms with Gasteiger partial charge in [-0.25, -0.2) is 0 Å². The van der Waals surface area contributed by atoms with Gasteiger partial charge in [0.05, 0.1) is 6.17 Å². The third-order valence-corrected chi connectivity index (χ3v) is 2.26. The molecule has 1 aliphatic rings. The smallest absolute Gasteiger partial charge is 0.0574 e. The lowest BCUT2D eigenvalue weighted by molar-refractivity contribution is 0.116. The Hall–Kier alpha value is -0.0800. The van der Waals surface area contributed by atoms with Gasteiger partial charge in [-0.1, -0.05) is 0 Å². The van der Waals surface area contributed by atoms with Crippen LogP contribution in [0.2, 0.25) is 0 Å². The largest absolute Gasteiger partial charge is 0.316 e. The third kappa shape index (κ3) is 1.70. The Kier molecular flexibility index (Phi) is 2.69. The van der Waals surface area contributed by atoms with Crippen molar-refractivity contribution in [3.63, 3.8) is 0 Å². The molecule has 2 nitrogen and oxygen atoms in total. The number of rotatable bonds is 1. The van der Waals surface area contributed by atoms with E-state index in [1.165, 1.54) is 25.8 Å². The SMILES string of the molecule is CC(C)N1CCCCC1N. The van der Waals surface area contributed by atoms with Crippen molar-refractivity contribution in [3.05, 3.63) is 0 Å². The molecule has 2 N–H and O–H groups in total. The van der Waals surface area contributed by atoms with E-state index < -0.39 is 0 Å². The number of hydrogen-bond donors (Lipinski definition) is 1. The zero-order valence-electron chi connectivity index (χ0n) is 7.01. The number of nitrogens with two attached hydrogens (primary N) is 1. The monoisotopic (exact) mass is 142 g/mol. The second kappa shape index (κ2) is 3.35. The molecule has 1 fully saturated rings. The molecule has 0 saturated carbocycles. The molecular weight excluding hydrogens is 124 g/mol. The van der Waals surface area contributed by atoms with Gasteiger partial charge in [0.15, 0.2) is 0 Å². The molecule has 0 amide bonds. The fourth-order valence-electron chi connectivity index (χ4n) is 1.62. The zero-order chi connectivity index (χ0) is 7.56. The van der Waals surface area contributed by atoms with Gasteiger partial charge in [0.2, 0.25) is 0 Å². The Bertz CT molecular complexity index is 101. The number of likely N-dealkylation sites (tertiary alicyclic amines) is 1. The van der Waals surface area contributed by atoms with Gasteiger partial charge in [-0.15, -0.1) is 0 Å². The number of hydrogen-bond acceptors (Lipinski definition) is 2. The van der Waals surface area contributed by atoms with Gasteiger partial charge < -0.3 is 5.73 Å². The fourth-order valence-corrected chi connectivity index (χ4v) is 1.62. The summed E-state index contributed by atoms with van der Waals surface area (Å²) < 4.78 is 0. The molecule has 60 valence electrons. The highest BCUT2D eigenvalue weighted by atomic mass is 15.2. The molecule has 0 bridgehead atoms. The van der Waals surface area contributed by atoms with E-state index in [0.717, 1.165) is 0 Å². The van der Waals surface area contributed by atoms with Gasteiger partial charge in [-0.2, -0.15) is 0 Å². The van der Waals surface area contributed by atoms with Crippen LogP contribution in [0.5, 0.6) is 0 Å². The van der Waals surface area contributed by atoms with Crippen molar-refractivity contribution < 1.29 is 0 Å². The molecule has 0 radical (unpaired) electrons. The van der Waals surface area contributed by atoms with Crippen LogP contribution in [0.1, 0.15) is 33.1 Å². The lowest BCUT2D eigenvalue weighted by atomic mass is 10.1. The van der Waals surface area contributed by atoms with Crippen LogP contribution in [0.25, 0.3) is 0 Å². The minimum atomic E-state index is 0.328. The Balaban J connectivity index is 2.40. The van der Waals surface area contributed by atoms with Crippen molar-refractivity contribution in [1.29, 1.82) is 0 Å². The second-order valence-corrected chi connectivity index (χ2v) is 3.39. The van der Waals surface area contributed by atoms with E-state index in [9.17, 15) is 0 Å². The Morgan fingerprint density at radius 1 is 1.40 bits per heavy atom. The average Bonchev–Trinajstić information content (AvgIpc) is 1.88. The quantitative estimate of drug-likeness (QED) is 0.595. The summed E-state index contributed by atoms with van der Waals surface area (Å²) >= 11 is 0. The van der Waals surface area contributed by atoms with E-state index >= 15 is 0 Å². The van der Waals surface area contributed by atoms with E-state index in [0.29, 0.717) is 12.2 Å². The predicted octanol–water partition coefficient (Wildman–Crippen LogP) is 1.17. The van der Waals surface area contributed by atoms with Crippen LogP contribution in [0.15, 0.2) is 0 Å². The summed E-state index contributed by atoms with van der Waals surface area (Å²) in [5.41, 5.74) is 5.91. The number of nitrogens with zero attached hydrogens (tertiary/aromatic N) is 1. The molecule has 1 saturated heterocycles. The third-order valence-electron chi connectivity index (χ3n) is 2.26. The summed E-state index contributed by atoms with van der Waals surface area (Å²) in [6.07, 6.45) is 4.14. The predicted molar refractivity (Wildman–Crippen MR) is 43.7 cm³/mol. The maximum atomic E-state index is 5.91.